The van der Waals surface area contributed by atoms with Gasteiger partial charge in [0.25, 0.3) is 0 Å². The SMILES string of the molecule is CC(C)(C)OC(=O)N1CCC(NC(=NCc2cccs2)NCCc2ccco2)C1.I. The number of furan rings is 1. The summed E-state index contributed by atoms with van der Waals surface area (Å²) in [6.07, 6.45) is 3.06. The Labute approximate surface area is 199 Å². The summed E-state index contributed by atoms with van der Waals surface area (Å²) in [5.41, 5.74) is -0.483. The lowest BCUT2D eigenvalue weighted by Crippen LogP contribution is -2.46. The highest BCUT2D eigenvalue weighted by atomic mass is 127. The Morgan fingerprint density at radius 1 is 1.37 bits per heavy atom. The fraction of sp³-hybridized carbons (Fsp3) is 0.524. The highest BCUT2D eigenvalue weighted by Crippen LogP contribution is 2.15. The number of hydrogen-bond donors (Lipinski definition) is 2. The van der Waals surface area contributed by atoms with Crippen LogP contribution in [0.15, 0.2) is 45.3 Å². The summed E-state index contributed by atoms with van der Waals surface area (Å²) in [6.45, 7) is 8.27. The molecule has 166 valence electrons. The van der Waals surface area contributed by atoms with E-state index in [0.717, 1.165) is 24.6 Å². The summed E-state index contributed by atoms with van der Waals surface area (Å²) < 4.78 is 10.9. The first-order valence-corrected chi connectivity index (χ1v) is 10.8. The summed E-state index contributed by atoms with van der Waals surface area (Å²) in [4.78, 5) is 20.0. The van der Waals surface area contributed by atoms with Gasteiger partial charge in [0.2, 0.25) is 0 Å². The Bertz CT molecular complexity index is 788. The van der Waals surface area contributed by atoms with E-state index in [1.165, 1.54) is 4.88 Å². The monoisotopic (exact) mass is 546 g/mol. The second-order valence-electron chi connectivity index (χ2n) is 8.06. The molecule has 0 bridgehead atoms. The van der Waals surface area contributed by atoms with Gasteiger partial charge in [-0.05, 0) is 50.8 Å². The van der Waals surface area contributed by atoms with Crippen LogP contribution >= 0.6 is 35.3 Å². The van der Waals surface area contributed by atoms with Crippen LogP contribution in [0, 0.1) is 0 Å². The van der Waals surface area contributed by atoms with Crippen LogP contribution in [0.25, 0.3) is 0 Å². The number of amides is 1. The van der Waals surface area contributed by atoms with Gasteiger partial charge in [-0.3, -0.25) is 0 Å². The lowest BCUT2D eigenvalue weighted by atomic mass is 10.2. The van der Waals surface area contributed by atoms with Gasteiger partial charge in [-0.1, -0.05) is 6.07 Å². The Morgan fingerprint density at radius 3 is 2.87 bits per heavy atom. The van der Waals surface area contributed by atoms with E-state index in [1.54, 1.807) is 22.5 Å². The number of hydrogen-bond acceptors (Lipinski definition) is 5. The molecule has 7 nitrogen and oxygen atoms in total. The first-order chi connectivity index (χ1) is 13.9. The number of nitrogens with one attached hydrogen (secondary N) is 2. The van der Waals surface area contributed by atoms with Crippen molar-refractivity contribution in [2.45, 2.75) is 51.8 Å². The van der Waals surface area contributed by atoms with Gasteiger partial charge in [-0.25, -0.2) is 9.79 Å². The number of nitrogens with zero attached hydrogens (tertiary/aromatic N) is 2. The highest BCUT2D eigenvalue weighted by molar-refractivity contribution is 14.0. The summed E-state index contributed by atoms with van der Waals surface area (Å²) >= 11 is 1.69. The van der Waals surface area contributed by atoms with E-state index in [1.807, 2.05) is 39.0 Å². The number of guanidine groups is 1. The largest absolute Gasteiger partial charge is 0.469 e. The molecule has 2 aromatic heterocycles. The molecule has 0 aliphatic carbocycles. The van der Waals surface area contributed by atoms with Crippen LogP contribution in [-0.4, -0.2) is 48.2 Å². The number of carbonyl (C=O) groups excluding carboxylic acids is 1. The maximum Gasteiger partial charge on any atom is 0.410 e. The molecule has 30 heavy (non-hydrogen) atoms. The van der Waals surface area contributed by atoms with E-state index in [9.17, 15) is 4.79 Å². The van der Waals surface area contributed by atoms with Gasteiger partial charge < -0.3 is 24.7 Å². The molecular weight excluding hydrogens is 515 g/mol. The summed E-state index contributed by atoms with van der Waals surface area (Å²) in [5, 5.41) is 8.90. The van der Waals surface area contributed by atoms with E-state index >= 15 is 0 Å². The van der Waals surface area contributed by atoms with Gasteiger partial charge in [0.15, 0.2) is 5.96 Å². The smallest absolute Gasteiger partial charge is 0.410 e. The van der Waals surface area contributed by atoms with E-state index in [-0.39, 0.29) is 36.1 Å². The number of thiophene rings is 1. The second kappa shape index (κ2) is 11.6. The van der Waals surface area contributed by atoms with Crippen molar-refractivity contribution in [3.63, 3.8) is 0 Å². The predicted molar refractivity (Wildman–Crippen MR) is 131 cm³/mol. The molecule has 1 fully saturated rings. The average Bonchev–Trinajstić information content (AvgIpc) is 3.40. The molecule has 3 heterocycles. The fourth-order valence-corrected chi connectivity index (χ4v) is 3.66. The van der Waals surface area contributed by atoms with Gasteiger partial charge in [-0.15, -0.1) is 35.3 Å². The minimum atomic E-state index is -0.483. The molecule has 1 unspecified atom stereocenters. The van der Waals surface area contributed by atoms with Gasteiger partial charge in [0.05, 0.1) is 12.8 Å². The Hall–Kier alpha value is -1.75. The van der Waals surface area contributed by atoms with E-state index < -0.39 is 5.60 Å². The molecule has 9 heteroatoms. The lowest BCUT2D eigenvalue weighted by molar-refractivity contribution is 0.0292. The van der Waals surface area contributed by atoms with Crippen molar-refractivity contribution >= 4 is 47.4 Å². The standard InChI is InChI=1S/C21H30N4O3S.HI/c1-21(2,3)28-20(26)25-11-9-16(15-25)24-19(23-14-18-7-5-13-29-18)22-10-8-17-6-4-12-27-17;/h4-7,12-13,16H,8-11,14-15H2,1-3H3,(H2,22,23,24);1H. The number of halogens is 1. The molecule has 1 amide bonds. The van der Waals surface area contributed by atoms with Crippen LogP contribution in [0.5, 0.6) is 0 Å². The van der Waals surface area contributed by atoms with Gasteiger partial charge in [0.1, 0.15) is 11.4 Å². The van der Waals surface area contributed by atoms with E-state index in [0.29, 0.717) is 26.2 Å². The third-order valence-corrected chi connectivity index (χ3v) is 5.26. The van der Waals surface area contributed by atoms with Crippen molar-refractivity contribution in [1.82, 2.24) is 15.5 Å². The molecule has 1 aliphatic rings. The first-order valence-electron chi connectivity index (χ1n) is 9.96. The van der Waals surface area contributed by atoms with Crippen molar-refractivity contribution in [3.8, 4) is 0 Å². The quantitative estimate of drug-likeness (QED) is 0.322. The molecule has 2 aromatic rings. The molecule has 0 radical (unpaired) electrons. The topological polar surface area (TPSA) is 79.1 Å². The molecular formula is C21H31IN4O3S. The third kappa shape index (κ3) is 8.17. The number of ether oxygens (including phenoxy) is 1. The van der Waals surface area contributed by atoms with Gasteiger partial charge >= 0.3 is 6.09 Å². The molecule has 1 atom stereocenters. The molecule has 0 spiro atoms. The zero-order valence-electron chi connectivity index (χ0n) is 17.7. The van der Waals surface area contributed by atoms with E-state index in [2.05, 4.69) is 22.1 Å². The second-order valence-corrected chi connectivity index (χ2v) is 9.09. The fourth-order valence-electron chi connectivity index (χ4n) is 3.03. The lowest BCUT2D eigenvalue weighted by Gasteiger charge is -2.24. The van der Waals surface area contributed by atoms with Gasteiger partial charge in [0, 0.05) is 37.0 Å². The van der Waals surface area contributed by atoms with E-state index in [4.69, 9.17) is 14.1 Å². The van der Waals surface area contributed by atoms with Crippen LogP contribution in [0.3, 0.4) is 0 Å². The first kappa shape index (κ1) is 24.5. The van der Waals surface area contributed by atoms with Crippen molar-refractivity contribution < 1.29 is 13.9 Å². The third-order valence-electron chi connectivity index (χ3n) is 4.40. The number of aliphatic imine (C=N–C) groups is 1. The maximum absolute atomic E-state index is 12.3. The van der Waals surface area contributed by atoms with Gasteiger partial charge in [-0.2, -0.15) is 0 Å². The minimum absolute atomic E-state index is 0. The Morgan fingerprint density at radius 2 is 2.20 bits per heavy atom. The number of likely N-dealkylation sites (tertiary alicyclic amines) is 1. The summed E-state index contributed by atoms with van der Waals surface area (Å²) in [6, 6.07) is 8.11. The van der Waals surface area contributed by atoms with Crippen molar-refractivity contribution in [2.24, 2.45) is 4.99 Å². The van der Waals surface area contributed by atoms with Crippen molar-refractivity contribution in [1.29, 1.82) is 0 Å². The molecule has 3 rings (SSSR count). The van der Waals surface area contributed by atoms with Crippen LogP contribution < -0.4 is 10.6 Å². The summed E-state index contributed by atoms with van der Waals surface area (Å²) in [7, 11) is 0. The molecule has 0 saturated carbocycles. The number of carbonyl (C=O) groups is 1. The highest BCUT2D eigenvalue weighted by Gasteiger charge is 2.30. The van der Waals surface area contributed by atoms with Crippen molar-refractivity contribution in [2.75, 3.05) is 19.6 Å². The van der Waals surface area contributed by atoms with Crippen LogP contribution in [0.2, 0.25) is 0 Å². The molecule has 2 N–H and O–H groups in total. The Balaban J connectivity index is 0.00000320. The van der Waals surface area contributed by atoms with Crippen LogP contribution in [0.1, 0.15) is 37.8 Å². The minimum Gasteiger partial charge on any atom is -0.469 e. The average molecular weight is 546 g/mol. The molecule has 1 saturated heterocycles. The zero-order valence-corrected chi connectivity index (χ0v) is 20.9. The Kier molecular flexibility index (Phi) is 9.47. The zero-order chi connectivity index (χ0) is 20.7. The van der Waals surface area contributed by atoms with Crippen LogP contribution in [-0.2, 0) is 17.7 Å². The summed E-state index contributed by atoms with van der Waals surface area (Å²) in [5.74, 6) is 1.69. The van der Waals surface area contributed by atoms with Crippen LogP contribution in [0.4, 0.5) is 4.79 Å². The van der Waals surface area contributed by atoms with Crippen molar-refractivity contribution in [3.05, 3.63) is 46.5 Å². The normalized spacial score (nSPS) is 16.8. The molecule has 0 aromatic carbocycles. The molecule has 1 aliphatic heterocycles. The predicted octanol–water partition coefficient (Wildman–Crippen LogP) is 4.25. The number of rotatable bonds is 6. The maximum atomic E-state index is 12.3.